The normalized spacial score (nSPS) is 13.9. The number of hydrogen-bond donors (Lipinski definition) is 1. The fraction of sp³-hybridized carbons (Fsp3) is 0.571. The molecule has 0 heterocycles. The van der Waals surface area contributed by atoms with Gasteiger partial charge in [-0.2, -0.15) is 0 Å². The van der Waals surface area contributed by atoms with E-state index in [1.165, 1.54) is 0 Å². The quantitative estimate of drug-likeness (QED) is 0.809. The summed E-state index contributed by atoms with van der Waals surface area (Å²) in [4.78, 5) is 0. The maximum atomic E-state index is 13.2. The van der Waals surface area contributed by atoms with Crippen molar-refractivity contribution in [3.63, 3.8) is 0 Å². The summed E-state index contributed by atoms with van der Waals surface area (Å²) in [5, 5.41) is 0. The second-order valence-electron chi connectivity index (χ2n) is 5.82. The summed E-state index contributed by atoms with van der Waals surface area (Å²) in [7, 11) is 0. The smallest absolute Gasteiger partial charge is 0.123 e. The summed E-state index contributed by atoms with van der Waals surface area (Å²) >= 11 is 0. The molecule has 0 amide bonds. The first-order chi connectivity index (χ1) is 7.20. The Labute approximate surface area is 97.9 Å². The Kier molecular flexibility index (Phi) is 3.74. The fourth-order valence-electron chi connectivity index (χ4n) is 2.27. The lowest BCUT2D eigenvalue weighted by atomic mass is 9.83. The van der Waals surface area contributed by atoms with Crippen LogP contribution in [0.2, 0.25) is 0 Å². The molecule has 2 N–H and O–H groups in total. The third-order valence-electron chi connectivity index (χ3n) is 2.76. The molecule has 1 rings (SSSR count). The van der Waals surface area contributed by atoms with Crippen LogP contribution in [0, 0.1) is 25.1 Å². The third kappa shape index (κ3) is 3.31. The second-order valence-corrected chi connectivity index (χ2v) is 5.82. The average Bonchev–Trinajstić information content (AvgIpc) is 1.96. The van der Waals surface area contributed by atoms with Crippen LogP contribution in [0.25, 0.3) is 0 Å². The molecule has 0 saturated carbocycles. The summed E-state index contributed by atoms with van der Waals surface area (Å²) in [6, 6.07) is 3.11. The van der Waals surface area contributed by atoms with Gasteiger partial charge in [0.2, 0.25) is 0 Å². The molecule has 2 heteroatoms. The first-order valence-corrected chi connectivity index (χ1v) is 5.73. The van der Waals surface area contributed by atoms with Crippen molar-refractivity contribution in [2.75, 3.05) is 0 Å². The maximum Gasteiger partial charge on any atom is 0.123 e. The van der Waals surface area contributed by atoms with E-state index in [-0.39, 0.29) is 17.3 Å². The van der Waals surface area contributed by atoms with Crippen LogP contribution in [0.3, 0.4) is 0 Å². The Bertz CT molecular complexity index is 354. The van der Waals surface area contributed by atoms with Gasteiger partial charge in [-0.25, -0.2) is 4.39 Å². The molecule has 16 heavy (non-hydrogen) atoms. The molecule has 1 unspecified atom stereocenters. The summed E-state index contributed by atoms with van der Waals surface area (Å²) in [5.74, 6) is -0.179. The van der Waals surface area contributed by atoms with E-state index in [1.807, 2.05) is 13.8 Å². The molecule has 0 aliphatic rings. The molecule has 0 radical (unpaired) electrons. The Balaban J connectivity index is 3.04. The fourth-order valence-corrected chi connectivity index (χ4v) is 2.27. The van der Waals surface area contributed by atoms with E-state index in [9.17, 15) is 4.39 Å². The lowest BCUT2D eigenvalue weighted by molar-refractivity contribution is 0.342. The molecule has 0 bridgehead atoms. The number of benzene rings is 1. The van der Waals surface area contributed by atoms with Crippen molar-refractivity contribution in [3.8, 4) is 0 Å². The standard InChI is InChI=1S/C14H22FN/c1-9-6-11(15)7-10(2)13(9)12(16)8-14(3,4)5/h6-7,12H,8,16H2,1-5H3. The third-order valence-corrected chi connectivity index (χ3v) is 2.76. The van der Waals surface area contributed by atoms with Crippen LogP contribution in [0.1, 0.15) is 49.9 Å². The minimum absolute atomic E-state index is 0.0133. The molecule has 0 spiro atoms. The molecule has 0 saturated heterocycles. The summed E-state index contributed by atoms with van der Waals surface area (Å²) in [6.07, 6.45) is 0.903. The Morgan fingerprint density at radius 2 is 1.62 bits per heavy atom. The molecule has 1 aromatic rings. The van der Waals surface area contributed by atoms with Crippen LogP contribution in [-0.4, -0.2) is 0 Å². The summed E-state index contributed by atoms with van der Waals surface area (Å²) < 4.78 is 13.2. The van der Waals surface area contributed by atoms with Crippen LogP contribution < -0.4 is 5.73 Å². The van der Waals surface area contributed by atoms with Gasteiger partial charge in [0.25, 0.3) is 0 Å². The summed E-state index contributed by atoms with van der Waals surface area (Å²) in [5.41, 5.74) is 9.40. The van der Waals surface area contributed by atoms with Gasteiger partial charge < -0.3 is 5.73 Å². The van der Waals surface area contributed by atoms with E-state index in [0.717, 1.165) is 23.1 Å². The highest BCUT2D eigenvalue weighted by molar-refractivity contribution is 5.36. The topological polar surface area (TPSA) is 26.0 Å². The monoisotopic (exact) mass is 223 g/mol. The van der Waals surface area contributed by atoms with Gasteiger partial charge in [0.05, 0.1) is 0 Å². The molecular formula is C14H22FN. The van der Waals surface area contributed by atoms with Crippen molar-refractivity contribution in [1.29, 1.82) is 0 Å². The van der Waals surface area contributed by atoms with Crippen LogP contribution in [0.15, 0.2) is 12.1 Å². The zero-order chi connectivity index (χ0) is 12.5. The highest BCUT2D eigenvalue weighted by atomic mass is 19.1. The Hall–Kier alpha value is -0.890. The van der Waals surface area contributed by atoms with Gasteiger partial charge >= 0.3 is 0 Å². The predicted octanol–water partition coefficient (Wildman–Crippen LogP) is 3.88. The Morgan fingerprint density at radius 3 is 2.00 bits per heavy atom. The zero-order valence-electron chi connectivity index (χ0n) is 10.9. The first kappa shape index (κ1) is 13.2. The minimum Gasteiger partial charge on any atom is -0.324 e. The molecular weight excluding hydrogens is 201 g/mol. The first-order valence-electron chi connectivity index (χ1n) is 5.73. The molecule has 1 atom stereocenters. The van der Waals surface area contributed by atoms with Gasteiger partial charge in [-0.15, -0.1) is 0 Å². The van der Waals surface area contributed by atoms with E-state index >= 15 is 0 Å². The highest BCUT2D eigenvalue weighted by Crippen LogP contribution is 2.31. The zero-order valence-corrected chi connectivity index (χ0v) is 10.9. The molecule has 1 aromatic carbocycles. The van der Waals surface area contributed by atoms with Gasteiger partial charge in [-0.1, -0.05) is 20.8 Å². The van der Waals surface area contributed by atoms with Crippen molar-refractivity contribution in [2.45, 2.75) is 47.1 Å². The molecule has 1 nitrogen and oxygen atoms in total. The van der Waals surface area contributed by atoms with Crippen molar-refractivity contribution in [1.82, 2.24) is 0 Å². The lowest BCUT2D eigenvalue weighted by Crippen LogP contribution is -2.20. The number of nitrogens with two attached hydrogens (primary N) is 1. The van der Waals surface area contributed by atoms with Crippen molar-refractivity contribution < 1.29 is 4.39 Å². The van der Waals surface area contributed by atoms with Crippen LogP contribution in [0.4, 0.5) is 4.39 Å². The maximum absolute atomic E-state index is 13.2. The van der Waals surface area contributed by atoms with E-state index in [1.54, 1.807) is 12.1 Å². The van der Waals surface area contributed by atoms with Crippen LogP contribution >= 0.6 is 0 Å². The predicted molar refractivity (Wildman–Crippen MR) is 66.9 cm³/mol. The number of aryl methyl sites for hydroxylation is 2. The molecule has 0 fully saturated rings. The number of halogens is 1. The van der Waals surface area contributed by atoms with Gasteiger partial charge in [-0.05, 0) is 54.5 Å². The average molecular weight is 223 g/mol. The van der Waals surface area contributed by atoms with Crippen molar-refractivity contribution >= 4 is 0 Å². The van der Waals surface area contributed by atoms with Crippen molar-refractivity contribution in [3.05, 3.63) is 34.6 Å². The van der Waals surface area contributed by atoms with Gasteiger partial charge in [0, 0.05) is 6.04 Å². The van der Waals surface area contributed by atoms with Crippen molar-refractivity contribution in [2.24, 2.45) is 11.1 Å². The molecule has 0 aromatic heterocycles. The van der Waals surface area contributed by atoms with E-state index in [4.69, 9.17) is 5.73 Å². The van der Waals surface area contributed by atoms with Crippen LogP contribution in [-0.2, 0) is 0 Å². The molecule has 90 valence electrons. The largest absolute Gasteiger partial charge is 0.324 e. The van der Waals surface area contributed by atoms with E-state index in [0.29, 0.717) is 0 Å². The van der Waals surface area contributed by atoms with Gasteiger partial charge in [0.15, 0.2) is 0 Å². The van der Waals surface area contributed by atoms with Gasteiger partial charge in [0.1, 0.15) is 5.82 Å². The Morgan fingerprint density at radius 1 is 1.19 bits per heavy atom. The number of rotatable bonds is 2. The van der Waals surface area contributed by atoms with Crippen LogP contribution in [0.5, 0.6) is 0 Å². The lowest BCUT2D eigenvalue weighted by Gasteiger charge is -2.25. The molecule has 0 aliphatic heterocycles. The molecule has 0 aliphatic carbocycles. The highest BCUT2D eigenvalue weighted by Gasteiger charge is 2.20. The van der Waals surface area contributed by atoms with E-state index < -0.39 is 0 Å². The second kappa shape index (κ2) is 4.54. The SMILES string of the molecule is Cc1cc(F)cc(C)c1C(N)CC(C)(C)C. The van der Waals surface area contributed by atoms with Gasteiger partial charge in [-0.3, -0.25) is 0 Å². The number of hydrogen-bond acceptors (Lipinski definition) is 1. The minimum atomic E-state index is -0.179. The van der Waals surface area contributed by atoms with E-state index in [2.05, 4.69) is 20.8 Å². The summed E-state index contributed by atoms with van der Waals surface area (Å²) in [6.45, 7) is 10.4.